The third-order valence-corrected chi connectivity index (χ3v) is 7.66. The molecule has 1 atom stereocenters. The summed E-state index contributed by atoms with van der Waals surface area (Å²) in [6, 6.07) is 3.45. The number of aromatic nitrogens is 5. The Morgan fingerprint density at radius 1 is 1.22 bits per heavy atom. The molecule has 1 aliphatic rings. The van der Waals surface area contributed by atoms with Crippen molar-refractivity contribution in [3.8, 4) is 17.0 Å². The van der Waals surface area contributed by atoms with Crippen LogP contribution in [0.4, 0.5) is 8.78 Å². The van der Waals surface area contributed by atoms with E-state index in [2.05, 4.69) is 26.1 Å². The van der Waals surface area contributed by atoms with E-state index in [9.17, 15) is 8.60 Å². The van der Waals surface area contributed by atoms with E-state index in [0.717, 1.165) is 37.8 Å². The molecular weight excluding hydrogens is 502 g/mol. The topological polar surface area (TPSA) is 121 Å². The fourth-order valence-electron chi connectivity index (χ4n) is 4.67. The molecule has 12 heteroatoms. The fraction of sp³-hybridized carbons (Fsp3) is 0.400. The minimum atomic E-state index is -3.43. The van der Waals surface area contributed by atoms with E-state index in [1.165, 1.54) is 10.7 Å². The Kier molecular flexibility index (Phi) is 6.48. The van der Waals surface area contributed by atoms with Gasteiger partial charge in [0.2, 0.25) is 11.8 Å². The largest absolute Gasteiger partial charge is 0.474 e. The van der Waals surface area contributed by atoms with Gasteiger partial charge < -0.3 is 9.26 Å². The van der Waals surface area contributed by atoms with Gasteiger partial charge in [0.05, 0.1) is 25.9 Å². The van der Waals surface area contributed by atoms with E-state index >= 15 is 4.39 Å². The monoisotopic (exact) mass is 530 g/mol. The van der Waals surface area contributed by atoms with E-state index in [-0.39, 0.29) is 23.5 Å². The molecule has 2 N–H and O–H groups in total. The smallest absolute Gasteiger partial charge is 0.229 e. The van der Waals surface area contributed by atoms with Crippen molar-refractivity contribution in [1.29, 1.82) is 0 Å². The molecule has 1 unspecified atom stereocenters. The van der Waals surface area contributed by atoms with Gasteiger partial charge in [-0.1, -0.05) is 19.0 Å². The van der Waals surface area contributed by atoms with Crippen LogP contribution in [0.25, 0.3) is 16.8 Å². The van der Waals surface area contributed by atoms with Gasteiger partial charge >= 0.3 is 0 Å². The zero-order chi connectivity index (χ0) is 26.5. The zero-order valence-electron chi connectivity index (χ0n) is 20.8. The molecule has 5 rings (SSSR count). The van der Waals surface area contributed by atoms with Gasteiger partial charge in [0.25, 0.3) is 0 Å². The lowest BCUT2D eigenvalue weighted by Crippen LogP contribution is -2.24. The van der Waals surface area contributed by atoms with Crippen molar-refractivity contribution < 1.29 is 22.2 Å². The second kappa shape index (κ2) is 9.49. The highest BCUT2D eigenvalue weighted by molar-refractivity contribution is 7.98. The molecule has 1 aromatic carbocycles. The number of halogens is 2. The Hall–Kier alpha value is -3.38. The second-order valence-electron chi connectivity index (χ2n) is 9.70. The van der Waals surface area contributed by atoms with Crippen molar-refractivity contribution in [3.63, 3.8) is 0 Å². The molecule has 3 heterocycles. The summed E-state index contributed by atoms with van der Waals surface area (Å²) in [7, 11) is -3.43. The quantitative estimate of drug-likeness (QED) is 0.363. The number of aryl methyl sites for hydroxylation is 1. The molecule has 0 amide bonds. The minimum Gasteiger partial charge on any atom is -0.474 e. The van der Waals surface area contributed by atoms with Gasteiger partial charge in [-0.25, -0.2) is 18.0 Å². The SMILES string of the molecule is C=S(N)(=O)c1cc(F)c(-c2c(C)nn3c(OC4CCC(c5nc(C(C)C)no5)CC4)ccnc23)cc1F. The molecular formula is C25H28F2N6O3S. The zero-order valence-corrected chi connectivity index (χ0v) is 21.6. The maximum atomic E-state index is 15.0. The van der Waals surface area contributed by atoms with Crippen molar-refractivity contribution in [1.82, 2.24) is 24.7 Å². The van der Waals surface area contributed by atoms with Crippen molar-refractivity contribution in [2.45, 2.75) is 69.3 Å². The first-order valence-corrected chi connectivity index (χ1v) is 13.8. The number of ether oxygens (including phenoxy) is 1. The predicted octanol–water partition coefficient (Wildman–Crippen LogP) is 4.54. The number of rotatable bonds is 6. The lowest BCUT2D eigenvalue weighted by atomic mass is 9.87. The molecule has 196 valence electrons. The highest BCUT2D eigenvalue weighted by Gasteiger charge is 2.29. The van der Waals surface area contributed by atoms with Crippen LogP contribution in [0, 0.1) is 18.6 Å². The van der Waals surface area contributed by atoms with Crippen LogP contribution in [0.2, 0.25) is 0 Å². The van der Waals surface area contributed by atoms with Gasteiger partial charge in [-0.15, -0.1) is 0 Å². The van der Waals surface area contributed by atoms with Crippen LogP contribution in [-0.4, -0.2) is 40.9 Å². The van der Waals surface area contributed by atoms with Gasteiger partial charge in [0.15, 0.2) is 11.5 Å². The Bertz CT molecular complexity index is 1570. The Labute approximate surface area is 213 Å². The lowest BCUT2D eigenvalue weighted by molar-refractivity contribution is 0.130. The molecule has 3 aromatic heterocycles. The van der Waals surface area contributed by atoms with Crippen LogP contribution in [0.15, 0.2) is 33.8 Å². The van der Waals surface area contributed by atoms with Crippen molar-refractivity contribution in [3.05, 3.63) is 53.4 Å². The third kappa shape index (κ3) is 4.82. The molecule has 0 bridgehead atoms. The first-order chi connectivity index (χ1) is 17.5. The summed E-state index contributed by atoms with van der Waals surface area (Å²) in [6.07, 6.45) is 4.73. The summed E-state index contributed by atoms with van der Waals surface area (Å²) in [5, 5.41) is 14.0. The summed E-state index contributed by atoms with van der Waals surface area (Å²) in [5.41, 5.74) is 0.980. The normalized spacial score (nSPS) is 19.9. The van der Waals surface area contributed by atoms with E-state index in [1.807, 2.05) is 13.8 Å². The van der Waals surface area contributed by atoms with E-state index in [0.29, 0.717) is 34.5 Å². The van der Waals surface area contributed by atoms with Crippen LogP contribution >= 0.6 is 0 Å². The van der Waals surface area contributed by atoms with Crippen molar-refractivity contribution in [2.75, 3.05) is 0 Å². The van der Waals surface area contributed by atoms with E-state index < -0.39 is 26.2 Å². The Morgan fingerprint density at radius 2 is 1.95 bits per heavy atom. The maximum absolute atomic E-state index is 15.0. The molecule has 1 saturated carbocycles. The van der Waals surface area contributed by atoms with Gasteiger partial charge in [0, 0.05) is 29.7 Å². The number of nitrogens with two attached hydrogens (primary N) is 1. The minimum absolute atomic E-state index is 0.0643. The summed E-state index contributed by atoms with van der Waals surface area (Å²) in [4.78, 5) is 8.41. The summed E-state index contributed by atoms with van der Waals surface area (Å²) in [6.45, 7) is 5.73. The summed E-state index contributed by atoms with van der Waals surface area (Å²) in [5.74, 6) is 3.76. The highest BCUT2D eigenvalue weighted by Crippen LogP contribution is 2.36. The van der Waals surface area contributed by atoms with Crippen LogP contribution < -0.4 is 9.88 Å². The van der Waals surface area contributed by atoms with Crippen LogP contribution in [0.5, 0.6) is 5.88 Å². The molecule has 0 spiro atoms. The number of hydrogen-bond acceptors (Lipinski definition) is 7. The summed E-state index contributed by atoms with van der Waals surface area (Å²) < 4.78 is 55.0. The molecule has 1 aliphatic carbocycles. The highest BCUT2D eigenvalue weighted by atomic mass is 32.2. The average Bonchev–Trinajstić information content (AvgIpc) is 3.46. The molecule has 37 heavy (non-hydrogen) atoms. The Morgan fingerprint density at radius 3 is 2.59 bits per heavy atom. The van der Waals surface area contributed by atoms with Crippen LogP contribution in [0.3, 0.4) is 0 Å². The summed E-state index contributed by atoms with van der Waals surface area (Å²) >= 11 is 0. The predicted molar refractivity (Wildman–Crippen MR) is 135 cm³/mol. The maximum Gasteiger partial charge on any atom is 0.229 e. The second-order valence-corrected chi connectivity index (χ2v) is 11.6. The number of nitrogens with zero attached hydrogens (tertiary/aromatic N) is 5. The number of hydrogen-bond donors (Lipinski definition) is 1. The third-order valence-electron chi connectivity index (χ3n) is 6.61. The van der Waals surface area contributed by atoms with Crippen molar-refractivity contribution >= 4 is 21.2 Å². The van der Waals surface area contributed by atoms with Gasteiger partial charge in [-0.2, -0.15) is 14.6 Å². The van der Waals surface area contributed by atoms with Gasteiger partial charge in [-0.3, -0.25) is 5.14 Å². The van der Waals surface area contributed by atoms with Crippen molar-refractivity contribution in [2.24, 2.45) is 5.14 Å². The van der Waals surface area contributed by atoms with Crippen LogP contribution in [-0.2, 0) is 9.71 Å². The Balaban J connectivity index is 1.39. The number of fused-ring (bicyclic) bond motifs is 1. The average molecular weight is 531 g/mol. The first kappa shape index (κ1) is 25.3. The molecule has 0 saturated heterocycles. The van der Waals surface area contributed by atoms with Gasteiger partial charge in [0.1, 0.15) is 17.7 Å². The van der Waals surface area contributed by atoms with E-state index in [4.69, 9.17) is 14.4 Å². The standard InChI is InChI=1S/C25H28F2N6O3S/c1-13(2)23-30-25(36-32-23)15-5-7-16(8-6-15)35-21-9-10-29-24-22(14(3)31-33(21)24)17-11-19(27)20(12-18(17)26)37(4,28)34/h9-13,15-16H,4-8H2,1-3H3,(H2,28,34). The number of benzene rings is 1. The molecule has 0 aliphatic heterocycles. The molecule has 1 fully saturated rings. The van der Waals surface area contributed by atoms with Gasteiger partial charge in [-0.05, 0) is 50.6 Å². The fourth-order valence-corrected chi connectivity index (χ4v) is 5.36. The van der Waals surface area contributed by atoms with Crippen LogP contribution in [0.1, 0.15) is 68.8 Å². The molecule has 4 aromatic rings. The van der Waals surface area contributed by atoms with E-state index in [1.54, 1.807) is 13.0 Å². The molecule has 9 nitrogen and oxygen atoms in total. The molecule has 0 radical (unpaired) electrons. The first-order valence-electron chi connectivity index (χ1n) is 12.0. The lowest BCUT2D eigenvalue weighted by Gasteiger charge is -2.27.